The average molecular weight is 739 g/mol. The maximum absolute atomic E-state index is 13.7. The van der Waals surface area contributed by atoms with Crippen molar-refractivity contribution >= 4 is 40.0 Å². The molecule has 0 saturated carbocycles. The minimum absolute atomic E-state index is 0. The van der Waals surface area contributed by atoms with Crippen molar-refractivity contribution in [3.8, 4) is 22.3 Å². The quantitative estimate of drug-likeness (QED) is 0.118. The van der Waals surface area contributed by atoms with Crippen LogP contribution in [0.5, 0.6) is 0 Å². The van der Waals surface area contributed by atoms with Gasteiger partial charge in [0.25, 0.3) is 0 Å². The Morgan fingerprint density at radius 3 is 1.24 bits per heavy atom. The first-order valence-electron chi connectivity index (χ1n) is 13.7. The minimum atomic E-state index is -2.25. The van der Waals surface area contributed by atoms with Crippen LogP contribution in [0, 0.1) is 26.5 Å². The molecule has 212 valence electrons. The normalized spacial score (nSPS) is 11.4. The Hall–Kier alpha value is -2.95. The zero-order valence-electron chi connectivity index (χ0n) is 25.3. The van der Waals surface area contributed by atoms with E-state index in [1.165, 1.54) is 56.2 Å². The van der Waals surface area contributed by atoms with Gasteiger partial charge in [0.05, 0.1) is 8.07 Å². The average Bonchev–Trinajstić information content (AvgIpc) is 3.54. The summed E-state index contributed by atoms with van der Waals surface area (Å²) in [6.07, 6.45) is 0. The van der Waals surface area contributed by atoms with Crippen LogP contribution < -0.4 is 10.4 Å². The van der Waals surface area contributed by atoms with E-state index < -0.39 is 8.07 Å². The van der Waals surface area contributed by atoms with Crippen LogP contribution in [0.3, 0.4) is 0 Å². The van der Waals surface area contributed by atoms with Crippen molar-refractivity contribution in [3.63, 3.8) is 0 Å². The predicted octanol–water partition coefficient (Wildman–Crippen LogP) is 10.3. The van der Waals surface area contributed by atoms with Crippen molar-refractivity contribution in [1.82, 2.24) is 0 Å². The molecule has 0 heterocycles. The van der Waals surface area contributed by atoms with Gasteiger partial charge in [-0.3, -0.25) is 0 Å². The summed E-state index contributed by atoms with van der Waals surface area (Å²) in [5.41, 5.74) is 5.28. The van der Waals surface area contributed by atoms with Crippen molar-refractivity contribution in [3.05, 3.63) is 136 Å². The van der Waals surface area contributed by atoms with Crippen molar-refractivity contribution < 1.29 is 34.6 Å². The van der Waals surface area contributed by atoms with E-state index in [1.54, 1.807) is 0 Å². The Morgan fingerprint density at radius 1 is 0.548 bits per heavy atom. The molecule has 0 aliphatic carbocycles. The van der Waals surface area contributed by atoms with Gasteiger partial charge in [-0.05, 0) is 46.5 Å². The van der Waals surface area contributed by atoms with Gasteiger partial charge in [0.2, 0.25) is 0 Å². The van der Waals surface area contributed by atoms with Gasteiger partial charge in [-0.1, -0.05) is 75.2 Å². The molecule has 0 bridgehead atoms. The molecule has 42 heavy (non-hydrogen) atoms. The molecule has 6 aromatic rings. The molecule has 0 aliphatic heterocycles. The molecule has 0 unspecified atom stereocenters. The standard InChI is InChI=1S/C36H32F2Si.2CH3.Hf/c1-23(2)39(24(3)4,31-19-27-7-5-9-33(35(27)21-31)25-11-15-29(37)16-12-25)32-20-28-8-6-10-34(36(28)22-32)26-13-17-30(38)18-14-26;;;/h5-24H,1-4H3;2*1H3;/q-2;2*-1;+4. The molecule has 0 N–H and O–H groups in total. The fourth-order valence-corrected chi connectivity index (χ4v) is 12.8. The van der Waals surface area contributed by atoms with E-state index in [4.69, 9.17) is 0 Å². The number of halogens is 2. The van der Waals surface area contributed by atoms with E-state index in [1.807, 2.05) is 24.3 Å². The number of hydrogen-bond donors (Lipinski definition) is 0. The molecule has 4 heteroatoms. The van der Waals surface area contributed by atoms with Crippen LogP contribution in [0.4, 0.5) is 8.78 Å². The van der Waals surface area contributed by atoms with Crippen molar-refractivity contribution in [2.45, 2.75) is 38.8 Å². The number of benzene rings is 4. The second kappa shape index (κ2) is 13.1. The van der Waals surface area contributed by atoms with Gasteiger partial charge in [-0.2, -0.15) is 12.1 Å². The van der Waals surface area contributed by atoms with E-state index in [2.05, 4.69) is 88.4 Å². The van der Waals surface area contributed by atoms with E-state index in [0.717, 1.165) is 22.3 Å². The van der Waals surface area contributed by atoms with E-state index in [9.17, 15) is 8.78 Å². The Bertz CT molecular complexity index is 1640. The molecule has 0 spiro atoms. The number of hydrogen-bond acceptors (Lipinski definition) is 0. The van der Waals surface area contributed by atoms with Crippen molar-refractivity contribution in [1.29, 1.82) is 0 Å². The summed E-state index contributed by atoms with van der Waals surface area (Å²) in [7, 11) is -2.25. The van der Waals surface area contributed by atoms with Crippen molar-refractivity contribution in [2.75, 3.05) is 0 Å². The molecule has 0 radical (unpaired) electrons. The van der Waals surface area contributed by atoms with E-state index in [0.29, 0.717) is 11.1 Å². The molecule has 6 aromatic carbocycles. The van der Waals surface area contributed by atoms with E-state index >= 15 is 0 Å². The maximum atomic E-state index is 13.7. The van der Waals surface area contributed by atoms with Gasteiger partial charge in [0.15, 0.2) is 0 Å². The summed E-state index contributed by atoms with van der Waals surface area (Å²) < 4.78 is 27.3. The number of rotatable bonds is 6. The van der Waals surface area contributed by atoms with Crippen LogP contribution >= 0.6 is 0 Å². The third kappa shape index (κ3) is 5.56. The molecular weight excluding hydrogens is 701 g/mol. The molecular formula is C38H38F2HfSi. The van der Waals surface area contributed by atoms with E-state index in [-0.39, 0.29) is 52.3 Å². The summed E-state index contributed by atoms with van der Waals surface area (Å²) >= 11 is 0. The Morgan fingerprint density at radius 2 is 0.905 bits per heavy atom. The van der Waals surface area contributed by atoms with Gasteiger partial charge < -0.3 is 14.9 Å². The fraction of sp³-hybridized carbons (Fsp3) is 0.158. The van der Waals surface area contributed by atoms with Gasteiger partial charge >= 0.3 is 25.8 Å². The topological polar surface area (TPSA) is 0 Å². The van der Waals surface area contributed by atoms with Crippen molar-refractivity contribution in [2.24, 2.45) is 0 Å². The minimum Gasteiger partial charge on any atom is -0.358 e. The summed E-state index contributed by atoms with van der Waals surface area (Å²) in [6, 6.07) is 36.1. The summed E-state index contributed by atoms with van der Waals surface area (Å²) in [5, 5.41) is 7.79. The first-order chi connectivity index (χ1) is 18.8. The SMILES string of the molecule is CC(C)[Si](c1cc2c(-c3ccc(F)cc3)cccc2[cH-]1)(c1cc2c(-c3ccc(F)cc3)cccc2[cH-]1)C(C)C.[CH3-].[CH3-].[Hf+4]. The van der Waals surface area contributed by atoms with Crippen LogP contribution in [0.1, 0.15) is 27.7 Å². The first-order valence-corrected chi connectivity index (χ1v) is 15.9. The third-order valence-electron chi connectivity index (χ3n) is 8.59. The summed E-state index contributed by atoms with van der Waals surface area (Å²) in [5.74, 6) is -0.438. The fourth-order valence-electron chi connectivity index (χ4n) is 6.88. The van der Waals surface area contributed by atoms with Crippen LogP contribution in [-0.4, -0.2) is 8.07 Å². The van der Waals surface area contributed by atoms with Crippen LogP contribution in [-0.2, 0) is 25.8 Å². The molecule has 0 fully saturated rings. The van der Waals surface area contributed by atoms with Crippen LogP contribution in [0.25, 0.3) is 43.8 Å². The largest absolute Gasteiger partial charge is 4.00 e. The third-order valence-corrected chi connectivity index (χ3v) is 14.7. The van der Waals surface area contributed by atoms with Crippen LogP contribution in [0.15, 0.2) is 109 Å². The maximum Gasteiger partial charge on any atom is 4.00 e. The first kappa shape index (κ1) is 33.5. The Balaban J connectivity index is 0.00000161. The second-order valence-electron chi connectivity index (χ2n) is 11.3. The molecule has 0 atom stereocenters. The molecule has 6 rings (SSSR count). The zero-order valence-corrected chi connectivity index (χ0v) is 29.9. The molecule has 0 saturated heterocycles. The Kier molecular flexibility index (Phi) is 10.5. The smallest absolute Gasteiger partial charge is 0.358 e. The van der Waals surface area contributed by atoms with Gasteiger partial charge in [0.1, 0.15) is 11.6 Å². The van der Waals surface area contributed by atoms with Gasteiger partial charge in [-0.25, -0.2) is 8.78 Å². The summed E-state index contributed by atoms with van der Waals surface area (Å²) in [4.78, 5) is 0. The molecule has 0 amide bonds. The summed E-state index contributed by atoms with van der Waals surface area (Å²) in [6.45, 7) is 9.51. The predicted molar refractivity (Wildman–Crippen MR) is 178 cm³/mol. The second-order valence-corrected chi connectivity index (χ2v) is 16.5. The zero-order chi connectivity index (χ0) is 27.3. The monoisotopic (exact) mass is 740 g/mol. The molecule has 0 aromatic heterocycles. The van der Waals surface area contributed by atoms with Crippen LogP contribution in [0.2, 0.25) is 11.1 Å². The molecule has 0 nitrogen and oxygen atoms in total. The van der Waals surface area contributed by atoms with Gasteiger partial charge in [-0.15, -0.1) is 68.3 Å². The number of fused-ring (bicyclic) bond motifs is 2. The Labute approximate surface area is 269 Å². The van der Waals surface area contributed by atoms with Gasteiger partial charge in [0, 0.05) is 0 Å². The molecule has 0 aliphatic rings.